The van der Waals surface area contributed by atoms with Gasteiger partial charge in [0.25, 0.3) is 0 Å². The summed E-state index contributed by atoms with van der Waals surface area (Å²) in [5, 5.41) is 3.56. The Balaban J connectivity index is 1.76. The fourth-order valence-electron chi connectivity index (χ4n) is 2.48. The summed E-state index contributed by atoms with van der Waals surface area (Å²) in [5.74, 6) is 0.672. The van der Waals surface area contributed by atoms with Crippen LogP contribution in [0.15, 0.2) is 18.3 Å². The maximum atomic E-state index is 5.06. The molecule has 1 N–H and O–H groups in total. The molecule has 0 bridgehead atoms. The number of ether oxygens (including phenoxy) is 1. The second-order valence-corrected chi connectivity index (χ2v) is 5.93. The number of nitrogens with one attached hydrogen (secondary N) is 1. The Morgan fingerprint density at radius 1 is 1.37 bits per heavy atom. The zero-order valence-electron chi connectivity index (χ0n) is 12.3. The van der Waals surface area contributed by atoms with Crippen molar-refractivity contribution < 1.29 is 4.74 Å². The molecule has 1 aromatic rings. The largest absolute Gasteiger partial charge is 0.481 e. The van der Waals surface area contributed by atoms with Crippen LogP contribution in [0, 0.1) is 5.41 Å². The van der Waals surface area contributed by atoms with Crippen molar-refractivity contribution >= 4 is 0 Å². The van der Waals surface area contributed by atoms with Gasteiger partial charge in [0, 0.05) is 25.4 Å². The minimum absolute atomic E-state index is 0.437. The van der Waals surface area contributed by atoms with E-state index in [1.54, 1.807) is 7.11 Å². The van der Waals surface area contributed by atoms with Crippen molar-refractivity contribution in [3.05, 3.63) is 23.9 Å². The monoisotopic (exact) mass is 263 g/mol. The molecule has 0 aliphatic carbocycles. The maximum absolute atomic E-state index is 5.06. The molecule has 2 heterocycles. The van der Waals surface area contributed by atoms with Crippen LogP contribution in [0.5, 0.6) is 5.88 Å². The van der Waals surface area contributed by atoms with E-state index < -0.39 is 0 Å². The van der Waals surface area contributed by atoms with E-state index in [1.165, 1.54) is 31.5 Å². The average Bonchev–Trinajstić information content (AvgIpc) is 2.43. The van der Waals surface area contributed by atoms with Gasteiger partial charge in [0.15, 0.2) is 0 Å². The van der Waals surface area contributed by atoms with Crippen molar-refractivity contribution in [2.24, 2.45) is 5.41 Å². The standard InChI is InChI=1S/C15H25N3O/c1-15(6-8-18(2)9-7-15)12-16-10-13-4-5-14(19-3)17-11-13/h4-5,11,16H,6-10,12H2,1-3H3. The highest BCUT2D eigenvalue weighted by Gasteiger charge is 2.28. The van der Waals surface area contributed by atoms with Gasteiger partial charge in [-0.2, -0.15) is 0 Å². The van der Waals surface area contributed by atoms with Gasteiger partial charge >= 0.3 is 0 Å². The molecule has 106 valence electrons. The van der Waals surface area contributed by atoms with Crippen LogP contribution in [0.25, 0.3) is 0 Å². The molecule has 0 amide bonds. The molecule has 4 heteroatoms. The molecule has 4 nitrogen and oxygen atoms in total. The van der Waals surface area contributed by atoms with Gasteiger partial charge in [-0.3, -0.25) is 0 Å². The van der Waals surface area contributed by atoms with Crippen molar-refractivity contribution in [3.8, 4) is 5.88 Å². The van der Waals surface area contributed by atoms with Gasteiger partial charge < -0.3 is 15.0 Å². The average molecular weight is 263 g/mol. The molecular formula is C15H25N3O. The van der Waals surface area contributed by atoms with E-state index in [0.717, 1.165) is 13.1 Å². The van der Waals surface area contributed by atoms with Crippen LogP contribution < -0.4 is 10.1 Å². The van der Waals surface area contributed by atoms with Crippen LogP contribution in [0.3, 0.4) is 0 Å². The third-order valence-corrected chi connectivity index (χ3v) is 4.08. The zero-order valence-corrected chi connectivity index (χ0v) is 12.3. The maximum Gasteiger partial charge on any atom is 0.212 e. The van der Waals surface area contributed by atoms with Gasteiger partial charge in [0.05, 0.1) is 7.11 Å². The molecule has 0 spiro atoms. The van der Waals surface area contributed by atoms with E-state index in [2.05, 4.69) is 35.2 Å². The van der Waals surface area contributed by atoms with E-state index in [1.807, 2.05) is 12.3 Å². The van der Waals surface area contributed by atoms with Crippen molar-refractivity contribution in [1.29, 1.82) is 0 Å². The van der Waals surface area contributed by atoms with E-state index in [0.29, 0.717) is 11.3 Å². The summed E-state index contributed by atoms with van der Waals surface area (Å²) in [6.45, 7) is 6.76. The quantitative estimate of drug-likeness (QED) is 0.880. The summed E-state index contributed by atoms with van der Waals surface area (Å²) < 4.78 is 5.06. The van der Waals surface area contributed by atoms with E-state index in [-0.39, 0.29) is 0 Å². The lowest BCUT2D eigenvalue weighted by atomic mass is 9.80. The number of methoxy groups -OCH3 is 1. The summed E-state index contributed by atoms with van der Waals surface area (Å²) >= 11 is 0. The zero-order chi connectivity index (χ0) is 13.7. The summed E-state index contributed by atoms with van der Waals surface area (Å²) in [4.78, 5) is 6.63. The van der Waals surface area contributed by atoms with Crippen LogP contribution in [0.2, 0.25) is 0 Å². The van der Waals surface area contributed by atoms with Gasteiger partial charge in [0.2, 0.25) is 5.88 Å². The Morgan fingerprint density at radius 3 is 2.68 bits per heavy atom. The molecular weight excluding hydrogens is 238 g/mol. The molecule has 0 radical (unpaired) electrons. The fraction of sp³-hybridized carbons (Fsp3) is 0.667. The lowest BCUT2D eigenvalue weighted by Gasteiger charge is -2.38. The minimum Gasteiger partial charge on any atom is -0.481 e. The summed E-state index contributed by atoms with van der Waals surface area (Å²) in [7, 11) is 3.84. The summed E-state index contributed by atoms with van der Waals surface area (Å²) in [5.41, 5.74) is 1.64. The number of pyridine rings is 1. The molecule has 1 aliphatic rings. The number of hydrogen-bond donors (Lipinski definition) is 1. The molecule has 0 atom stereocenters. The first-order valence-corrected chi connectivity index (χ1v) is 6.99. The third kappa shape index (κ3) is 4.18. The third-order valence-electron chi connectivity index (χ3n) is 4.08. The molecule has 0 saturated carbocycles. The number of nitrogens with zero attached hydrogens (tertiary/aromatic N) is 2. The van der Waals surface area contributed by atoms with E-state index >= 15 is 0 Å². The highest BCUT2D eigenvalue weighted by molar-refractivity contribution is 5.17. The van der Waals surface area contributed by atoms with E-state index in [4.69, 9.17) is 4.74 Å². The summed E-state index contributed by atoms with van der Waals surface area (Å²) in [6.07, 6.45) is 4.43. The number of aromatic nitrogens is 1. The van der Waals surface area contributed by atoms with Crippen LogP contribution in [-0.4, -0.2) is 43.7 Å². The van der Waals surface area contributed by atoms with Crippen LogP contribution >= 0.6 is 0 Å². The Kier molecular flexibility index (Phi) is 4.77. The Bertz CT molecular complexity index is 383. The van der Waals surface area contributed by atoms with Crippen LogP contribution in [0.1, 0.15) is 25.3 Å². The second kappa shape index (κ2) is 6.35. The first-order valence-electron chi connectivity index (χ1n) is 6.99. The van der Waals surface area contributed by atoms with E-state index in [9.17, 15) is 0 Å². The topological polar surface area (TPSA) is 37.4 Å². The van der Waals surface area contributed by atoms with Crippen molar-refractivity contribution in [2.75, 3.05) is 33.8 Å². The predicted octanol–water partition coefficient (Wildman–Crippen LogP) is 1.91. The van der Waals surface area contributed by atoms with Crippen molar-refractivity contribution in [3.63, 3.8) is 0 Å². The van der Waals surface area contributed by atoms with Crippen molar-refractivity contribution in [1.82, 2.24) is 15.2 Å². The number of likely N-dealkylation sites (tertiary alicyclic amines) is 1. The van der Waals surface area contributed by atoms with Gasteiger partial charge in [-0.05, 0) is 44.0 Å². The molecule has 19 heavy (non-hydrogen) atoms. The molecule has 1 fully saturated rings. The number of piperidine rings is 1. The highest BCUT2D eigenvalue weighted by atomic mass is 16.5. The number of rotatable bonds is 5. The highest BCUT2D eigenvalue weighted by Crippen LogP contribution is 2.29. The van der Waals surface area contributed by atoms with Crippen LogP contribution in [0.4, 0.5) is 0 Å². The number of hydrogen-bond acceptors (Lipinski definition) is 4. The Morgan fingerprint density at radius 2 is 2.11 bits per heavy atom. The van der Waals surface area contributed by atoms with Crippen molar-refractivity contribution in [2.45, 2.75) is 26.3 Å². The first-order chi connectivity index (χ1) is 9.11. The molecule has 0 unspecified atom stereocenters. The minimum atomic E-state index is 0.437. The fourth-order valence-corrected chi connectivity index (χ4v) is 2.48. The molecule has 1 aromatic heterocycles. The Hall–Kier alpha value is -1.13. The predicted molar refractivity (Wildman–Crippen MR) is 77.3 cm³/mol. The van der Waals surface area contributed by atoms with Gasteiger partial charge in [0.1, 0.15) is 0 Å². The second-order valence-electron chi connectivity index (χ2n) is 5.93. The Labute approximate surface area is 116 Å². The molecule has 2 rings (SSSR count). The SMILES string of the molecule is COc1ccc(CNCC2(C)CCN(C)CC2)cn1. The smallest absolute Gasteiger partial charge is 0.212 e. The lowest BCUT2D eigenvalue weighted by molar-refractivity contribution is 0.137. The van der Waals surface area contributed by atoms with Gasteiger partial charge in [-0.25, -0.2) is 4.98 Å². The molecule has 0 aromatic carbocycles. The first kappa shape index (κ1) is 14.3. The molecule has 1 aliphatic heterocycles. The lowest BCUT2D eigenvalue weighted by Crippen LogP contribution is -2.41. The van der Waals surface area contributed by atoms with Gasteiger partial charge in [-0.1, -0.05) is 13.0 Å². The molecule has 1 saturated heterocycles. The normalized spacial score (nSPS) is 19.3. The van der Waals surface area contributed by atoms with Crippen LogP contribution in [-0.2, 0) is 6.54 Å². The van der Waals surface area contributed by atoms with Gasteiger partial charge in [-0.15, -0.1) is 0 Å². The summed E-state index contributed by atoms with van der Waals surface area (Å²) in [6, 6.07) is 3.98.